The molecule has 0 N–H and O–H groups in total. The van der Waals surface area contributed by atoms with Crippen LogP contribution in [0.25, 0.3) is 0 Å². The number of hydrogen-bond acceptors (Lipinski definition) is 3. The van der Waals surface area contributed by atoms with Gasteiger partial charge in [-0.3, -0.25) is 0 Å². The Morgan fingerprint density at radius 2 is 1.10 bits per heavy atom. The van der Waals surface area contributed by atoms with Crippen molar-refractivity contribution in [1.29, 1.82) is 0 Å². The smallest absolute Gasteiger partial charge is 0.192 e. The van der Waals surface area contributed by atoms with Gasteiger partial charge in [-0.15, -0.1) is 0 Å². The van der Waals surface area contributed by atoms with Gasteiger partial charge in [0.05, 0.1) is 10.0 Å². The van der Waals surface area contributed by atoms with Gasteiger partial charge in [-0.05, 0) is 36.4 Å². The molecule has 7 heteroatoms. The van der Waals surface area contributed by atoms with Gasteiger partial charge in [0.15, 0.2) is 13.6 Å². The predicted molar refractivity (Wildman–Crippen MR) is 85.0 cm³/mol. The molecular weight excluding hydrogens is 358 g/mol. The Balaban J connectivity index is 1.75. The first-order chi connectivity index (χ1) is 10.1. The van der Waals surface area contributed by atoms with Crippen LogP contribution >= 0.6 is 46.4 Å². The van der Waals surface area contributed by atoms with Crippen molar-refractivity contribution in [2.75, 3.05) is 13.6 Å². The van der Waals surface area contributed by atoms with Crippen LogP contribution < -0.4 is 9.47 Å². The molecule has 21 heavy (non-hydrogen) atoms. The third-order valence-corrected chi connectivity index (χ3v) is 3.44. The Kier molecular flexibility index (Phi) is 6.27. The molecule has 0 amide bonds. The first kappa shape index (κ1) is 16.5. The topological polar surface area (TPSA) is 27.7 Å². The standard InChI is InChI=1S/C14H10Cl4O3/c15-9-1-3-13(11(17)5-9)20-7-19-8-21-14-4-2-10(16)6-12(14)18/h1-6H,7-8H2. The first-order valence-corrected chi connectivity index (χ1v) is 7.31. The highest BCUT2D eigenvalue weighted by molar-refractivity contribution is 6.36. The van der Waals surface area contributed by atoms with Gasteiger partial charge in [-0.25, -0.2) is 0 Å². The van der Waals surface area contributed by atoms with E-state index in [4.69, 9.17) is 60.6 Å². The highest BCUT2D eigenvalue weighted by Crippen LogP contribution is 2.28. The van der Waals surface area contributed by atoms with Crippen LogP contribution in [0.5, 0.6) is 11.5 Å². The summed E-state index contributed by atoms with van der Waals surface area (Å²) in [5, 5.41) is 1.89. The number of rotatable bonds is 6. The molecule has 0 aliphatic carbocycles. The Bertz CT molecular complexity index is 566. The van der Waals surface area contributed by atoms with Gasteiger partial charge in [0.2, 0.25) is 0 Å². The van der Waals surface area contributed by atoms with Crippen LogP contribution in [0.2, 0.25) is 20.1 Å². The van der Waals surface area contributed by atoms with Crippen molar-refractivity contribution in [3.05, 3.63) is 56.5 Å². The fourth-order valence-electron chi connectivity index (χ4n) is 1.43. The fraction of sp³-hybridized carbons (Fsp3) is 0.143. The molecule has 112 valence electrons. The van der Waals surface area contributed by atoms with Crippen LogP contribution in [-0.2, 0) is 4.74 Å². The lowest BCUT2D eigenvalue weighted by Gasteiger charge is -2.10. The maximum absolute atomic E-state index is 5.95. The molecule has 2 rings (SSSR count). The Morgan fingerprint density at radius 3 is 1.48 bits per heavy atom. The van der Waals surface area contributed by atoms with Gasteiger partial charge >= 0.3 is 0 Å². The summed E-state index contributed by atoms with van der Waals surface area (Å²) in [7, 11) is 0. The summed E-state index contributed by atoms with van der Waals surface area (Å²) in [5.41, 5.74) is 0. The van der Waals surface area contributed by atoms with Crippen LogP contribution in [0.15, 0.2) is 36.4 Å². The zero-order chi connectivity index (χ0) is 15.2. The van der Waals surface area contributed by atoms with Crippen LogP contribution in [0, 0.1) is 0 Å². The van der Waals surface area contributed by atoms with Gasteiger partial charge < -0.3 is 14.2 Å². The van der Waals surface area contributed by atoms with E-state index in [0.29, 0.717) is 31.6 Å². The average Bonchev–Trinajstić information content (AvgIpc) is 2.42. The number of halogens is 4. The highest BCUT2D eigenvalue weighted by Gasteiger charge is 2.04. The third-order valence-electron chi connectivity index (χ3n) is 2.38. The number of hydrogen-bond donors (Lipinski definition) is 0. The lowest BCUT2D eigenvalue weighted by Crippen LogP contribution is -2.09. The second kappa shape index (κ2) is 7.97. The van der Waals surface area contributed by atoms with Crippen molar-refractivity contribution < 1.29 is 14.2 Å². The highest BCUT2D eigenvalue weighted by atomic mass is 35.5. The molecule has 2 aromatic rings. The fourth-order valence-corrected chi connectivity index (χ4v) is 2.35. The zero-order valence-corrected chi connectivity index (χ0v) is 13.6. The Labute approximate surface area is 142 Å². The molecule has 0 fully saturated rings. The van der Waals surface area contributed by atoms with E-state index in [1.165, 1.54) is 0 Å². The molecule has 0 aromatic heterocycles. The maximum Gasteiger partial charge on any atom is 0.192 e. The summed E-state index contributed by atoms with van der Waals surface area (Å²) >= 11 is 23.5. The lowest BCUT2D eigenvalue weighted by molar-refractivity contribution is -0.0536. The van der Waals surface area contributed by atoms with Crippen LogP contribution in [-0.4, -0.2) is 13.6 Å². The molecule has 2 aromatic carbocycles. The monoisotopic (exact) mass is 366 g/mol. The van der Waals surface area contributed by atoms with Crippen LogP contribution in [0.4, 0.5) is 0 Å². The first-order valence-electron chi connectivity index (χ1n) is 5.79. The Morgan fingerprint density at radius 1 is 0.667 bits per heavy atom. The predicted octanol–water partition coefficient (Wildman–Crippen LogP) is 5.69. The lowest BCUT2D eigenvalue weighted by atomic mass is 10.3. The molecule has 3 nitrogen and oxygen atoms in total. The minimum Gasteiger partial charge on any atom is -0.466 e. The van der Waals surface area contributed by atoms with Gasteiger partial charge in [-0.1, -0.05) is 46.4 Å². The van der Waals surface area contributed by atoms with E-state index >= 15 is 0 Å². The molecule has 0 bridgehead atoms. The molecule has 0 saturated carbocycles. The SMILES string of the molecule is Clc1ccc(OCOCOc2ccc(Cl)cc2Cl)c(Cl)c1. The van der Waals surface area contributed by atoms with Crippen LogP contribution in [0.3, 0.4) is 0 Å². The van der Waals surface area contributed by atoms with Crippen molar-refractivity contribution >= 4 is 46.4 Å². The largest absolute Gasteiger partial charge is 0.466 e. The van der Waals surface area contributed by atoms with Gasteiger partial charge in [0, 0.05) is 10.0 Å². The Hall–Kier alpha value is -0.840. The van der Waals surface area contributed by atoms with Crippen molar-refractivity contribution in [3.8, 4) is 11.5 Å². The van der Waals surface area contributed by atoms with E-state index in [2.05, 4.69) is 0 Å². The van der Waals surface area contributed by atoms with Crippen molar-refractivity contribution in [2.24, 2.45) is 0 Å². The molecule has 0 spiro atoms. The zero-order valence-electron chi connectivity index (χ0n) is 10.6. The summed E-state index contributed by atoms with van der Waals surface area (Å²) in [6.45, 7) is -0.0425. The van der Waals surface area contributed by atoms with Gasteiger partial charge in [0.25, 0.3) is 0 Å². The summed E-state index contributed by atoms with van der Waals surface area (Å²) in [5.74, 6) is 0.955. The summed E-state index contributed by atoms with van der Waals surface area (Å²) in [6.07, 6.45) is 0. The molecule has 0 aliphatic rings. The minimum absolute atomic E-state index is 0.0213. The molecule has 0 aliphatic heterocycles. The molecule has 0 saturated heterocycles. The van der Waals surface area contributed by atoms with Gasteiger partial charge in [0.1, 0.15) is 11.5 Å². The second-order valence-electron chi connectivity index (χ2n) is 3.88. The van der Waals surface area contributed by atoms with E-state index in [0.717, 1.165) is 0 Å². The van der Waals surface area contributed by atoms with E-state index in [1.807, 2.05) is 0 Å². The third kappa shape index (κ3) is 5.13. The maximum atomic E-state index is 5.95. The van der Waals surface area contributed by atoms with Crippen molar-refractivity contribution in [2.45, 2.75) is 0 Å². The van der Waals surface area contributed by atoms with Crippen LogP contribution in [0.1, 0.15) is 0 Å². The average molecular weight is 368 g/mol. The molecule has 0 unspecified atom stereocenters. The number of ether oxygens (including phenoxy) is 3. The minimum atomic E-state index is -0.0213. The number of benzene rings is 2. The second-order valence-corrected chi connectivity index (χ2v) is 5.57. The summed E-state index contributed by atoms with van der Waals surface area (Å²) in [4.78, 5) is 0. The van der Waals surface area contributed by atoms with Gasteiger partial charge in [-0.2, -0.15) is 0 Å². The van der Waals surface area contributed by atoms with E-state index < -0.39 is 0 Å². The molecular formula is C14H10Cl4O3. The van der Waals surface area contributed by atoms with Crippen molar-refractivity contribution in [3.63, 3.8) is 0 Å². The molecule has 0 atom stereocenters. The van der Waals surface area contributed by atoms with E-state index in [9.17, 15) is 0 Å². The molecule has 0 heterocycles. The normalized spacial score (nSPS) is 10.5. The molecule has 0 radical (unpaired) electrons. The van der Waals surface area contributed by atoms with E-state index in [1.54, 1.807) is 36.4 Å². The summed E-state index contributed by atoms with van der Waals surface area (Å²) < 4.78 is 15.8. The van der Waals surface area contributed by atoms with E-state index in [-0.39, 0.29) is 13.6 Å². The van der Waals surface area contributed by atoms with Crippen molar-refractivity contribution in [1.82, 2.24) is 0 Å². The quantitative estimate of drug-likeness (QED) is 0.484. The summed E-state index contributed by atoms with van der Waals surface area (Å²) in [6, 6.07) is 9.83.